The van der Waals surface area contributed by atoms with Gasteiger partial charge >= 0.3 is 0 Å². The number of aryl methyl sites for hydroxylation is 1. The standard InChI is InChI=1S/C24H24N2O3/c1-3-26(19-11-5-4-6-12-19)24(28)21-14-7-8-15-22(21)25-23(27)17-29-20-13-9-10-18(2)16-20/h4-16H,3,17H2,1-2H3,(H,25,27). The highest BCUT2D eigenvalue weighted by Gasteiger charge is 2.20. The minimum atomic E-state index is -0.325. The normalized spacial score (nSPS) is 10.3. The van der Waals surface area contributed by atoms with E-state index in [1.807, 2.05) is 62.4 Å². The van der Waals surface area contributed by atoms with Gasteiger partial charge in [0.25, 0.3) is 11.8 Å². The molecule has 0 heterocycles. The van der Waals surface area contributed by atoms with Crippen molar-refractivity contribution in [3.63, 3.8) is 0 Å². The van der Waals surface area contributed by atoms with Crippen molar-refractivity contribution in [1.29, 1.82) is 0 Å². The molecule has 0 atom stereocenters. The molecule has 29 heavy (non-hydrogen) atoms. The first-order valence-corrected chi connectivity index (χ1v) is 9.53. The molecule has 5 nitrogen and oxygen atoms in total. The molecule has 148 valence electrons. The number of rotatable bonds is 7. The van der Waals surface area contributed by atoms with Crippen LogP contribution in [-0.2, 0) is 4.79 Å². The highest BCUT2D eigenvalue weighted by molar-refractivity contribution is 6.11. The molecule has 0 fully saturated rings. The third kappa shape index (κ3) is 5.23. The fourth-order valence-corrected chi connectivity index (χ4v) is 3.02. The second-order valence-corrected chi connectivity index (χ2v) is 6.58. The van der Waals surface area contributed by atoms with Crippen LogP contribution >= 0.6 is 0 Å². The molecule has 0 bridgehead atoms. The number of amides is 2. The lowest BCUT2D eigenvalue weighted by Gasteiger charge is -2.22. The maximum atomic E-state index is 13.1. The van der Waals surface area contributed by atoms with Crippen LogP contribution in [0.5, 0.6) is 5.75 Å². The van der Waals surface area contributed by atoms with Crippen LogP contribution in [0.3, 0.4) is 0 Å². The third-order valence-electron chi connectivity index (χ3n) is 4.42. The van der Waals surface area contributed by atoms with Gasteiger partial charge in [0.15, 0.2) is 6.61 Å². The average Bonchev–Trinajstić information content (AvgIpc) is 2.74. The molecule has 0 unspecified atom stereocenters. The number of carbonyl (C=O) groups excluding carboxylic acids is 2. The summed E-state index contributed by atoms with van der Waals surface area (Å²) in [6, 6.07) is 24.0. The van der Waals surface area contributed by atoms with Gasteiger partial charge in [-0.2, -0.15) is 0 Å². The first-order chi connectivity index (χ1) is 14.1. The molecule has 0 aliphatic carbocycles. The molecular weight excluding hydrogens is 364 g/mol. The molecule has 0 aliphatic rings. The molecule has 3 aromatic carbocycles. The number of nitrogens with one attached hydrogen (secondary N) is 1. The van der Waals surface area contributed by atoms with Crippen LogP contribution in [0, 0.1) is 6.92 Å². The summed E-state index contributed by atoms with van der Waals surface area (Å²) in [6.45, 7) is 4.26. The lowest BCUT2D eigenvalue weighted by molar-refractivity contribution is -0.118. The van der Waals surface area contributed by atoms with E-state index in [9.17, 15) is 9.59 Å². The first-order valence-electron chi connectivity index (χ1n) is 9.53. The number of para-hydroxylation sites is 2. The lowest BCUT2D eigenvalue weighted by Crippen LogP contribution is -2.32. The van der Waals surface area contributed by atoms with Crippen LogP contribution in [0.15, 0.2) is 78.9 Å². The molecule has 0 radical (unpaired) electrons. The lowest BCUT2D eigenvalue weighted by atomic mass is 10.1. The van der Waals surface area contributed by atoms with Crippen LogP contribution in [0.2, 0.25) is 0 Å². The molecule has 0 aliphatic heterocycles. The Morgan fingerprint density at radius 3 is 2.38 bits per heavy atom. The minimum Gasteiger partial charge on any atom is -0.484 e. The van der Waals surface area contributed by atoms with Crippen LogP contribution in [-0.4, -0.2) is 25.0 Å². The highest BCUT2D eigenvalue weighted by Crippen LogP contribution is 2.22. The van der Waals surface area contributed by atoms with Crippen LogP contribution < -0.4 is 15.0 Å². The SMILES string of the molecule is CCN(C(=O)c1ccccc1NC(=O)COc1cccc(C)c1)c1ccccc1. The fourth-order valence-electron chi connectivity index (χ4n) is 3.02. The van der Waals surface area contributed by atoms with E-state index in [1.165, 1.54) is 0 Å². The zero-order valence-corrected chi connectivity index (χ0v) is 16.6. The summed E-state index contributed by atoms with van der Waals surface area (Å²) in [7, 11) is 0. The third-order valence-corrected chi connectivity index (χ3v) is 4.42. The van der Waals surface area contributed by atoms with Gasteiger partial charge in [-0.15, -0.1) is 0 Å². The Morgan fingerprint density at radius 1 is 0.931 bits per heavy atom. The van der Waals surface area contributed by atoms with Crippen molar-refractivity contribution in [2.24, 2.45) is 0 Å². The van der Waals surface area contributed by atoms with Gasteiger partial charge in [0.05, 0.1) is 11.3 Å². The summed E-state index contributed by atoms with van der Waals surface area (Å²) in [4.78, 5) is 27.2. The number of nitrogens with zero attached hydrogens (tertiary/aromatic N) is 1. The maximum Gasteiger partial charge on any atom is 0.262 e. The molecular formula is C24H24N2O3. The number of anilines is 2. The van der Waals surface area contributed by atoms with Crippen molar-refractivity contribution in [2.75, 3.05) is 23.4 Å². The highest BCUT2D eigenvalue weighted by atomic mass is 16.5. The Hall–Kier alpha value is -3.60. The molecule has 2 amide bonds. The largest absolute Gasteiger partial charge is 0.484 e. The predicted octanol–water partition coefficient (Wildman–Crippen LogP) is 4.68. The zero-order valence-electron chi connectivity index (χ0n) is 16.6. The molecule has 0 saturated heterocycles. The number of ether oxygens (including phenoxy) is 1. The van der Waals surface area contributed by atoms with Crippen molar-refractivity contribution >= 4 is 23.2 Å². The van der Waals surface area contributed by atoms with Crippen LogP contribution in [0.1, 0.15) is 22.8 Å². The molecule has 0 aromatic heterocycles. The Bertz CT molecular complexity index is 986. The molecule has 0 saturated carbocycles. The van der Waals surface area contributed by atoms with E-state index in [0.29, 0.717) is 23.5 Å². The maximum absolute atomic E-state index is 13.1. The van der Waals surface area contributed by atoms with Gasteiger partial charge in [-0.1, -0.05) is 42.5 Å². The van der Waals surface area contributed by atoms with E-state index in [-0.39, 0.29) is 18.4 Å². The second-order valence-electron chi connectivity index (χ2n) is 6.58. The smallest absolute Gasteiger partial charge is 0.262 e. The van der Waals surface area contributed by atoms with Crippen LogP contribution in [0.25, 0.3) is 0 Å². The summed E-state index contributed by atoms with van der Waals surface area (Å²) in [5, 5.41) is 2.80. The van der Waals surface area contributed by atoms with E-state index in [0.717, 1.165) is 11.3 Å². The summed E-state index contributed by atoms with van der Waals surface area (Å²) < 4.78 is 5.55. The van der Waals surface area contributed by atoms with Gasteiger partial charge in [0.2, 0.25) is 0 Å². The summed E-state index contributed by atoms with van der Waals surface area (Å²) in [5.74, 6) is 0.134. The van der Waals surface area contributed by atoms with E-state index in [2.05, 4.69) is 5.32 Å². The van der Waals surface area contributed by atoms with Gasteiger partial charge in [0.1, 0.15) is 5.75 Å². The number of hydrogen-bond donors (Lipinski definition) is 1. The monoisotopic (exact) mass is 388 g/mol. The molecule has 3 rings (SSSR count). The minimum absolute atomic E-state index is 0.137. The quantitative estimate of drug-likeness (QED) is 0.639. The van der Waals surface area contributed by atoms with E-state index < -0.39 is 0 Å². The van der Waals surface area contributed by atoms with Crippen molar-refractivity contribution in [1.82, 2.24) is 0 Å². The number of hydrogen-bond acceptors (Lipinski definition) is 3. The summed E-state index contributed by atoms with van der Waals surface area (Å²) >= 11 is 0. The van der Waals surface area contributed by atoms with Crippen molar-refractivity contribution in [3.05, 3.63) is 90.0 Å². The number of benzene rings is 3. The Kier molecular flexibility index (Phi) is 6.63. The van der Waals surface area contributed by atoms with Crippen molar-refractivity contribution < 1.29 is 14.3 Å². The fraction of sp³-hybridized carbons (Fsp3) is 0.167. The second kappa shape index (κ2) is 9.55. The first kappa shape index (κ1) is 20.1. The van der Waals surface area contributed by atoms with Gasteiger partial charge < -0.3 is 15.0 Å². The summed E-state index contributed by atoms with van der Waals surface area (Å²) in [5.41, 5.74) is 2.76. The topological polar surface area (TPSA) is 58.6 Å². The van der Waals surface area contributed by atoms with E-state index >= 15 is 0 Å². The van der Waals surface area contributed by atoms with Crippen LogP contribution in [0.4, 0.5) is 11.4 Å². The van der Waals surface area contributed by atoms with E-state index in [1.54, 1.807) is 35.2 Å². The molecule has 1 N–H and O–H groups in total. The number of carbonyl (C=O) groups is 2. The Balaban J connectivity index is 1.72. The van der Waals surface area contributed by atoms with Gasteiger partial charge in [-0.25, -0.2) is 0 Å². The Labute approximate surface area is 170 Å². The molecule has 0 spiro atoms. The molecule has 5 heteroatoms. The van der Waals surface area contributed by atoms with Crippen molar-refractivity contribution in [3.8, 4) is 5.75 Å². The zero-order chi connectivity index (χ0) is 20.6. The van der Waals surface area contributed by atoms with E-state index in [4.69, 9.17) is 4.74 Å². The van der Waals surface area contributed by atoms with Crippen molar-refractivity contribution in [2.45, 2.75) is 13.8 Å². The van der Waals surface area contributed by atoms with Gasteiger partial charge in [-0.3, -0.25) is 9.59 Å². The molecule has 3 aromatic rings. The van der Waals surface area contributed by atoms with Gasteiger partial charge in [-0.05, 0) is 55.8 Å². The Morgan fingerprint density at radius 2 is 1.66 bits per heavy atom. The predicted molar refractivity (Wildman–Crippen MR) is 116 cm³/mol. The summed E-state index contributed by atoms with van der Waals surface area (Å²) in [6.07, 6.45) is 0. The average molecular weight is 388 g/mol. The van der Waals surface area contributed by atoms with Gasteiger partial charge in [0, 0.05) is 12.2 Å².